The fourth-order valence-electron chi connectivity index (χ4n) is 1.25. The Balaban J connectivity index is 2.69. The maximum atomic E-state index is 12.2. The van der Waals surface area contributed by atoms with Gasteiger partial charge in [-0.05, 0) is 25.1 Å². The summed E-state index contributed by atoms with van der Waals surface area (Å²) < 4.78 is 36.6. The molecule has 0 unspecified atom stereocenters. The maximum absolute atomic E-state index is 12.2. The Morgan fingerprint density at radius 2 is 2.10 bits per heavy atom. The molecule has 3 nitrogen and oxygen atoms in total. The minimum absolute atomic E-state index is 0.341. The fourth-order valence-corrected chi connectivity index (χ4v) is 1.49. The van der Waals surface area contributed by atoms with Crippen molar-refractivity contribution in [1.29, 1.82) is 0 Å². The lowest BCUT2D eigenvalue weighted by atomic mass is 10.3. The summed E-state index contributed by atoms with van der Waals surface area (Å²) in [4.78, 5) is 7.85. The lowest BCUT2D eigenvalue weighted by Gasteiger charge is -2.09. The summed E-state index contributed by atoms with van der Waals surface area (Å²) >= 11 is 5.94. The highest BCUT2D eigenvalue weighted by atomic mass is 35.5. The van der Waals surface area contributed by atoms with E-state index in [0.29, 0.717) is 22.2 Å². The molecule has 1 N–H and O–H groups in total. The summed E-state index contributed by atoms with van der Waals surface area (Å²) in [6, 6.07) is 3.32. The number of nitrogens with zero attached hydrogens (tertiary/aromatic N) is 2. The van der Waals surface area contributed by atoms with Gasteiger partial charge in [0.05, 0.1) is 10.7 Å². The van der Waals surface area contributed by atoms with Crippen LogP contribution < -0.4 is 5.32 Å². The van der Waals surface area contributed by atoms with E-state index in [1.807, 2.05) is 0 Å². The number of rotatable bonds is 4. The number of aliphatic imine (C=N–C) groups is 1. The summed E-state index contributed by atoms with van der Waals surface area (Å²) in [6.07, 6.45) is -1.13. The largest absolute Gasteiger partial charge is 0.415 e. The molecule has 0 aromatic carbocycles. The van der Waals surface area contributed by atoms with Crippen molar-refractivity contribution in [2.45, 2.75) is 13.1 Å². The Bertz CT molecular complexity index is 604. The standard InChI is InChI=1S/C14H13ClF3N3/c1-9(14(16,17)18)6-8-19-11(3)21-10(2)13-12(15)5-4-7-20-13/h4-8H,1-2H2,3H3,(H,19,21)/b8-6-. The van der Waals surface area contributed by atoms with Gasteiger partial charge >= 0.3 is 6.18 Å². The van der Waals surface area contributed by atoms with E-state index in [2.05, 4.69) is 28.5 Å². The molecule has 0 aliphatic carbocycles. The van der Waals surface area contributed by atoms with Gasteiger partial charge in [-0.1, -0.05) is 24.8 Å². The first kappa shape index (κ1) is 17.0. The van der Waals surface area contributed by atoms with E-state index >= 15 is 0 Å². The molecule has 0 radical (unpaired) electrons. The van der Waals surface area contributed by atoms with E-state index in [-0.39, 0.29) is 0 Å². The topological polar surface area (TPSA) is 37.3 Å². The van der Waals surface area contributed by atoms with Crippen molar-refractivity contribution in [3.63, 3.8) is 0 Å². The predicted octanol–water partition coefficient (Wildman–Crippen LogP) is 4.35. The Hall–Kier alpha value is -2.08. The van der Waals surface area contributed by atoms with Crippen molar-refractivity contribution in [2.24, 2.45) is 4.99 Å². The minimum atomic E-state index is -4.46. The zero-order chi connectivity index (χ0) is 16.0. The summed E-state index contributed by atoms with van der Waals surface area (Å²) in [5.74, 6) is 0.341. The van der Waals surface area contributed by atoms with Crippen molar-refractivity contribution in [3.05, 3.63) is 60.1 Å². The van der Waals surface area contributed by atoms with Crippen LogP contribution in [-0.4, -0.2) is 17.0 Å². The third-order valence-corrected chi connectivity index (χ3v) is 2.59. The Morgan fingerprint density at radius 1 is 1.43 bits per heavy atom. The summed E-state index contributed by atoms with van der Waals surface area (Å²) in [5, 5.41) is 3.20. The number of hydrogen-bond acceptors (Lipinski definition) is 2. The van der Waals surface area contributed by atoms with Gasteiger partial charge in [0.25, 0.3) is 0 Å². The van der Waals surface area contributed by atoms with Crippen LogP contribution in [0.25, 0.3) is 5.70 Å². The highest BCUT2D eigenvalue weighted by Crippen LogP contribution is 2.24. The van der Waals surface area contributed by atoms with Gasteiger partial charge in [-0.25, -0.2) is 4.99 Å². The molecule has 21 heavy (non-hydrogen) atoms. The molecule has 1 aromatic heterocycles. The van der Waals surface area contributed by atoms with Gasteiger partial charge in [0.15, 0.2) is 0 Å². The van der Waals surface area contributed by atoms with E-state index in [9.17, 15) is 13.2 Å². The van der Waals surface area contributed by atoms with Crippen LogP contribution >= 0.6 is 11.6 Å². The van der Waals surface area contributed by atoms with Gasteiger partial charge in [0.2, 0.25) is 0 Å². The lowest BCUT2D eigenvalue weighted by molar-refractivity contribution is -0.0878. The number of hydrogen-bond donors (Lipinski definition) is 1. The monoisotopic (exact) mass is 315 g/mol. The molecule has 0 aliphatic rings. The van der Waals surface area contributed by atoms with Gasteiger partial charge < -0.3 is 5.32 Å². The van der Waals surface area contributed by atoms with Crippen LogP contribution in [-0.2, 0) is 0 Å². The molecule has 0 aliphatic heterocycles. The van der Waals surface area contributed by atoms with E-state index in [0.717, 1.165) is 12.3 Å². The van der Waals surface area contributed by atoms with Crippen molar-refractivity contribution >= 4 is 23.1 Å². The van der Waals surface area contributed by atoms with Crippen LogP contribution in [0.2, 0.25) is 5.02 Å². The molecule has 0 spiro atoms. The first-order chi connectivity index (χ1) is 9.71. The van der Waals surface area contributed by atoms with E-state index < -0.39 is 11.7 Å². The van der Waals surface area contributed by atoms with E-state index in [4.69, 9.17) is 11.6 Å². The first-order valence-electron chi connectivity index (χ1n) is 5.75. The Kier molecular flexibility index (Phi) is 5.72. The lowest BCUT2D eigenvalue weighted by Crippen LogP contribution is -2.18. The molecule has 0 saturated carbocycles. The summed E-state index contributed by atoms with van der Waals surface area (Å²) in [5.41, 5.74) is -0.145. The average Bonchev–Trinajstić information content (AvgIpc) is 2.37. The van der Waals surface area contributed by atoms with Crippen molar-refractivity contribution in [2.75, 3.05) is 0 Å². The average molecular weight is 316 g/mol. The zero-order valence-electron chi connectivity index (χ0n) is 11.2. The zero-order valence-corrected chi connectivity index (χ0v) is 12.0. The molecule has 1 aromatic rings. The third-order valence-electron chi connectivity index (χ3n) is 2.28. The van der Waals surface area contributed by atoms with Gasteiger partial charge in [-0.15, -0.1) is 0 Å². The number of pyridine rings is 1. The minimum Gasteiger partial charge on any atom is -0.343 e. The summed E-state index contributed by atoms with van der Waals surface area (Å²) in [7, 11) is 0. The quantitative estimate of drug-likeness (QED) is 0.509. The molecule has 1 heterocycles. The van der Waals surface area contributed by atoms with Gasteiger partial charge in [0, 0.05) is 18.0 Å². The number of alkyl halides is 3. The van der Waals surface area contributed by atoms with Crippen LogP contribution in [0.1, 0.15) is 12.6 Å². The molecule has 0 saturated heterocycles. The molecular formula is C14H13ClF3N3. The normalized spacial score (nSPS) is 12.5. The van der Waals surface area contributed by atoms with Gasteiger partial charge in [-0.2, -0.15) is 13.2 Å². The second kappa shape index (κ2) is 7.08. The number of allylic oxidation sites excluding steroid dienone is 2. The predicted molar refractivity (Wildman–Crippen MR) is 78.9 cm³/mol. The fraction of sp³-hybridized carbons (Fsp3) is 0.143. The van der Waals surface area contributed by atoms with E-state index in [1.165, 1.54) is 0 Å². The van der Waals surface area contributed by atoms with Crippen LogP contribution in [0.5, 0.6) is 0 Å². The number of halogens is 4. The maximum Gasteiger partial charge on any atom is 0.415 e. The number of amidine groups is 1. The smallest absolute Gasteiger partial charge is 0.343 e. The highest BCUT2D eigenvalue weighted by Gasteiger charge is 2.29. The SMILES string of the molecule is C=C(N/C(C)=N/C=C\C(=C)C(F)(F)F)c1ncccc1Cl. The first-order valence-corrected chi connectivity index (χ1v) is 6.13. The van der Waals surface area contributed by atoms with E-state index in [1.54, 1.807) is 25.3 Å². The molecule has 7 heteroatoms. The molecule has 1 rings (SSSR count). The molecule has 0 fully saturated rings. The molecule has 0 bridgehead atoms. The van der Waals surface area contributed by atoms with Gasteiger partial charge in [-0.3, -0.25) is 4.98 Å². The number of nitrogens with one attached hydrogen (secondary N) is 1. The van der Waals surface area contributed by atoms with Crippen LogP contribution in [0.15, 0.2) is 54.3 Å². The Morgan fingerprint density at radius 3 is 2.67 bits per heavy atom. The summed E-state index contributed by atoms with van der Waals surface area (Å²) in [6.45, 7) is 8.22. The van der Waals surface area contributed by atoms with Crippen LogP contribution in [0.4, 0.5) is 13.2 Å². The van der Waals surface area contributed by atoms with Crippen molar-refractivity contribution < 1.29 is 13.2 Å². The highest BCUT2D eigenvalue weighted by molar-refractivity contribution is 6.32. The van der Waals surface area contributed by atoms with Crippen molar-refractivity contribution in [1.82, 2.24) is 10.3 Å². The Labute approximate surface area is 125 Å². The third kappa shape index (κ3) is 5.43. The second-order valence-corrected chi connectivity index (χ2v) is 4.40. The molecule has 0 amide bonds. The molecule has 112 valence electrons. The van der Waals surface area contributed by atoms with Gasteiger partial charge in [0.1, 0.15) is 11.5 Å². The van der Waals surface area contributed by atoms with Crippen LogP contribution in [0, 0.1) is 0 Å². The van der Waals surface area contributed by atoms with Crippen molar-refractivity contribution in [3.8, 4) is 0 Å². The second-order valence-electron chi connectivity index (χ2n) is 3.99. The van der Waals surface area contributed by atoms with Crippen LogP contribution in [0.3, 0.4) is 0 Å². The number of aromatic nitrogens is 1. The molecular weight excluding hydrogens is 303 g/mol. The molecule has 0 atom stereocenters.